The third-order valence-electron chi connectivity index (χ3n) is 11.1. The van der Waals surface area contributed by atoms with E-state index in [2.05, 4.69) is 10.1 Å². The standard InChI is InChI=1S/C42H43N7O5S/c1-27-8-11-32(22-43-27)38-45-28(2)37(55-38)41(53)47-19-16-33(34(23-47)30-6-4-3-5-7-30)39(51)46-20-17-42(54,18-21-46)25-48-26-44-49-35(14-15-36(49)40(48)52)31-12-9-29(24-50)10-13-31/h3-15,22,26,33-34,50,54H,16-21,23-25H2,1-2H3/t33-,34+/m1/s1. The molecule has 12 nitrogen and oxygen atoms in total. The Morgan fingerprint density at radius 2 is 1.65 bits per heavy atom. The zero-order valence-corrected chi connectivity index (χ0v) is 31.7. The van der Waals surface area contributed by atoms with E-state index < -0.39 is 5.60 Å². The van der Waals surface area contributed by atoms with Gasteiger partial charge in [-0.15, -0.1) is 11.3 Å². The Balaban J connectivity index is 0.947. The minimum absolute atomic E-state index is 0.0270. The van der Waals surface area contributed by atoms with Gasteiger partial charge in [-0.2, -0.15) is 5.10 Å². The first-order valence-electron chi connectivity index (χ1n) is 18.6. The van der Waals surface area contributed by atoms with Crippen molar-refractivity contribution >= 4 is 28.7 Å². The summed E-state index contributed by atoms with van der Waals surface area (Å²) in [6, 6.07) is 24.8. The van der Waals surface area contributed by atoms with Crippen molar-refractivity contribution in [3.8, 4) is 21.8 Å². The summed E-state index contributed by atoms with van der Waals surface area (Å²) in [6.07, 6.45) is 4.39. The molecule has 0 bridgehead atoms. The second-order valence-corrected chi connectivity index (χ2v) is 15.8. The number of hydrogen-bond acceptors (Lipinski definition) is 9. The van der Waals surface area contributed by atoms with Gasteiger partial charge in [0.25, 0.3) is 11.5 Å². The van der Waals surface area contributed by atoms with E-state index in [1.165, 1.54) is 22.2 Å². The van der Waals surface area contributed by atoms with Crippen molar-refractivity contribution in [2.75, 3.05) is 26.2 Å². The number of thiazole rings is 1. The van der Waals surface area contributed by atoms with E-state index in [4.69, 9.17) is 4.98 Å². The maximum Gasteiger partial charge on any atom is 0.277 e. The van der Waals surface area contributed by atoms with Gasteiger partial charge in [0, 0.05) is 61.0 Å². The number of amides is 2. The molecule has 8 rings (SSSR count). The lowest BCUT2D eigenvalue weighted by Gasteiger charge is -2.43. The Hall–Kier alpha value is -5.50. The minimum Gasteiger partial charge on any atom is -0.392 e. The average molecular weight is 758 g/mol. The van der Waals surface area contributed by atoms with Crippen molar-refractivity contribution < 1.29 is 19.8 Å². The molecule has 282 valence electrons. The Kier molecular flexibility index (Phi) is 9.93. The van der Waals surface area contributed by atoms with E-state index in [1.54, 1.807) is 16.8 Å². The van der Waals surface area contributed by atoms with E-state index in [-0.39, 0.29) is 42.4 Å². The molecule has 4 aromatic heterocycles. The lowest BCUT2D eigenvalue weighted by molar-refractivity contribution is -0.142. The maximum atomic E-state index is 14.3. The molecule has 6 aromatic rings. The fourth-order valence-corrected chi connectivity index (χ4v) is 8.94. The summed E-state index contributed by atoms with van der Waals surface area (Å²) in [7, 11) is 0. The number of rotatable bonds is 8. The average Bonchev–Trinajstić information content (AvgIpc) is 3.83. The molecule has 55 heavy (non-hydrogen) atoms. The summed E-state index contributed by atoms with van der Waals surface area (Å²) in [6.45, 7) is 5.38. The van der Waals surface area contributed by atoms with Crippen LogP contribution in [0.4, 0.5) is 0 Å². The number of likely N-dealkylation sites (tertiary alicyclic amines) is 2. The lowest BCUT2D eigenvalue weighted by atomic mass is 9.79. The predicted molar refractivity (Wildman–Crippen MR) is 210 cm³/mol. The van der Waals surface area contributed by atoms with Crippen LogP contribution in [0.5, 0.6) is 0 Å². The molecule has 13 heteroatoms. The lowest BCUT2D eigenvalue weighted by Crippen LogP contribution is -2.53. The van der Waals surface area contributed by atoms with Crippen molar-refractivity contribution in [3.63, 3.8) is 0 Å². The topological polar surface area (TPSA) is 146 Å². The van der Waals surface area contributed by atoms with Gasteiger partial charge in [0.2, 0.25) is 5.91 Å². The third-order valence-corrected chi connectivity index (χ3v) is 12.3. The van der Waals surface area contributed by atoms with Crippen LogP contribution in [0.3, 0.4) is 0 Å². The molecule has 0 unspecified atom stereocenters. The molecule has 0 saturated carbocycles. The number of hydrogen-bond donors (Lipinski definition) is 2. The highest BCUT2D eigenvalue weighted by molar-refractivity contribution is 7.17. The number of nitrogens with zero attached hydrogens (tertiary/aromatic N) is 7. The molecule has 0 aliphatic carbocycles. The highest BCUT2D eigenvalue weighted by atomic mass is 32.1. The molecule has 6 heterocycles. The van der Waals surface area contributed by atoms with Crippen molar-refractivity contribution in [2.24, 2.45) is 5.92 Å². The van der Waals surface area contributed by atoms with E-state index in [9.17, 15) is 24.6 Å². The Morgan fingerprint density at radius 3 is 2.36 bits per heavy atom. The van der Waals surface area contributed by atoms with Crippen molar-refractivity contribution in [3.05, 3.63) is 129 Å². The van der Waals surface area contributed by atoms with Crippen molar-refractivity contribution in [2.45, 2.75) is 57.8 Å². The first kappa shape index (κ1) is 36.5. The largest absolute Gasteiger partial charge is 0.392 e. The van der Waals surface area contributed by atoms with Crippen molar-refractivity contribution in [1.82, 2.24) is 33.9 Å². The van der Waals surface area contributed by atoms with Gasteiger partial charge >= 0.3 is 0 Å². The van der Waals surface area contributed by atoms with Gasteiger partial charge in [0.05, 0.1) is 30.1 Å². The first-order valence-corrected chi connectivity index (χ1v) is 19.5. The summed E-state index contributed by atoms with van der Waals surface area (Å²) >= 11 is 1.38. The zero-order chi connectivity index (χ0) is 38.3. The van der Waals surface area contributed by atoms with Gasteiger partial charge in [-0.05, 0) is 68.5 Å². The molecule has 2 saturated heterocycles. The van der Waals surface area contributed by atoms with Crippen LogP contribution in [0.25, 0.3) is 27.3 Å². The van der Waals surface area contributed by atoms with Gasteiger partial charge in [-0.25, -0.2) is 9.50 Å². The molecule has 2 amide bonds. The van der Waals surface area contributed by atoms with Gasteiger partial charge in [0.1, 0.15) is 21.7 Å². The highest BCUT2D eigenvalue weighted by Crippen LogP contribution is 2.37. The van der Waals surface area contributed by atoms with Crippen LogP contribution >= 0.6 is 11.3 Å². The molecule has 2 N–H and O–H groups in total. The smallest absolute Gasteiger partial charge is 0.277 e. The number of benzene rings is 2. The van der Waals surface area contributed by atoms with Gasteiger partial charge in [-0.3, -0.25) is 23.9 Å². The molecular weight excluding hydrogens is 715 g/mol. The van der Waals surface area contributed by atoms with Crippen LogP contribution < -0.4 is 5.56 Å². The molecule has 0 spiro atoms. The molecule has 0 radical (unpaired) electrons. The number of carbonyl (C=O) groups is 2. The summed E-state index contributed by atoms with van der Waals surface area (Å²) in [5.74, 6) is -0.574. The molecule has 2 fully saturated rings. The number of aliphatic hydroxyl groups is 2. The fourth-order valence-electron chi connectivity index (χ4n) is 7.92. The van der Waals surface area contributed by atoms with Gasteiger partial charge < -0.3 is 20.0 Å². The zero-order valence-electron chi connectivity index (χ0n) is 30.8. The van der Waals surface area contributed by atoms with Gasteiger partial charge in [0.15, 0.2) is 0 Å². The minimum atomic E-state index is -1.19. The van der Waals surface area contributed by atoms with E-state index in [0.717, 1.165) is 38.6 Å². The second-order valence-electron chi connectivity index (χ2n) is 14.8. The Morgan fingerprint density at radius 1 is 0.909 bits per heavy atom. The number of carbonyl (C=O) groups excluding carboxylic acids is 2. The number of aromatic nitrogens is 5. The van der Waals surface area contributed by atoms with Crippen LogP contribution in [0.2, 0.25) is 0 Å². The quantitative estimate of drug-likeness (QED) is 0.219. The van der Waals surface area contributed by atoms with E-state index >= 15 is 0 Å². The van der Waals surface area contributed by atoms with Crippen LogP contribution in [0.15, 0.2) is 96.2 Å². The van der Waals surface area contributed by atoms with E-state index in [0.29, 0.717) is 61.5 Å². The Bertz CT molecular complexity index is 2400. The summed E-state index contributed by atoms with van der Waals surface area (Å²) < 4.78 is 3.05. The van der Waals surface area contributed by atoms with Crippen LogP contribution in [-0.2, 0) is 17.9 Å². The molecular formula is C42H43N7O5S. The van der Waals surface area contributed by atoms with Crippen LogP contribution in [0, 0.1) is 19.8 Å². The van der Waals surface area contributed by atoms with Crippen molar-refractivity contribution in [1.29, 1.82) is 0 Å². The molecule has 2 aromatic carbocycles. The summed E-state index contributed by atoms with van der Waals surface area (Å²) in [5, 5.41) is 26.4. The predicted octanol–water partition coefficient (Wildman–Crippen LogP) is 5.09. The number of pyridine rings is 1. The maximum absolute atomic E-state index is 14.3. The normalized spacial score (nSPS) is 18.5. The van der Waals surface area contributed by atoms with Crippen LogP contribution in [0.1, 0.15) is 57.4 Å². The Labute approximate surface area is 322 Å². The van der Waals surface area contributed by atoms with E-state index in [1.807, 2.05) is 96.4 Å². The number of aliphatic hydroxyl groups excluding tert-OH is 1. The summed E-state index contributed by atoms with van der Waals surface area (Å²) in [5.41, 5.74) is 4.84. The number of aryl methyl sites for hydroxylation is 2. The van der Waals surface area contributed by atoms with Crippen LogP contribution in [-0.4, -0.2) is 87.8 Å². The first-order chi connectivity index (χ1) is 26.6. The number of fused-ring (bicyclic) bond motifs is 1. The third kappa shape index (κ3) is 7.22. The fraction of sp³-hybridized carbons (Fsp3) is 0.333. The summed E-state index contributed by atoms with van der Waals surface area (Å²) in [4.78, 5) is 55.2. The molecule has 2 aliphatic heterocycles. The highest BCUT2D eigenvalue weighted by Gasteiger charge is 2.42. The monoisotopic (exact) mass is 757 g/mol. The second kappa shape index (κ2) is 15.0. The number of piperidine rings is 2. The molecule has 2 aliphatic rings. The SMILES string of the molecule is Cc1ccc(-c2nc(C)c(C(=O)N3CC[C@@H](C(=O)N4CCC(O)(Cn5cnn6c(-c7ccc(CO)cc7)ccc6c5=O)CC4)[C@H](c4ccccc4)C3)s2)cn1. The van der Waals surface area contributed by atoms with Gasteiger partial charge in [-0.1, -0.05) is 54.6 Å². The molecule has 2 atom stereocenters.